The van der Waals surface area contributed by atoms with Crippen LogP contribution in [0.5, 0.6) is 0 Å². The summed E-state index contributed by atoms with van der Waals surface area (Å²) in [6.07, 6.45) is 1.49. The van der Waals surface area contributed by atoms with Gasteiger partial charge in [-0.25, -0.2) is 9.48 Å². The summed E-state index contributed by atoms with van der Waals surface area (Å²) >= 11 is 6.02. The van der Waals surface area contributed by atoms with Gasteiger partial charge in [0.05, 0.1) is 5.69 Å². The first kappa shape index (κ1) is 13.3. The molecular weight excluding hydrogens is 268 g/mol. The molecule has 1 aromatic heterocycles. The van der Waals surface area contributed by atoms with Gasteiger partial charge >= 0.3 is 5.97 Å². The van der Waals surface area contributed by atoms with E-state index in [1.54, 1.807) is 32.0 Å². The summed E-state index contributed by atoms with van der Waals surface area (Å²) < 4.78 is 1.36. The van der Waals surface area contributed by atoms with E-state index < -0.39 is 17.1 Å². The first-order chi connectivity index (χ1) is 8.91. The highest BCUT2D eigenvalue weighted by Crippen LogP contribution is 2.21. The number of aryl methyl sites for hydroxylation is 1. The fourth-order valence-corrected chi connectivity index (χ4v) is 1.89. The molecule has 0 unspecified atom stereocenters. The predicted octanol–water partition coefficient (Wildman–Crippen LogP) is 2.20. The van der Waals surface area contributed by atoms with Crippen LogP contribution in [0.4, 0.5) is 0 Å². The predicted molar refractivity (Wildman–Crippen MR) is 71.3 cm³/mol. The van der Waals surface area contributed by atoms with E-state index >= 15 is 0 Å². The smallest absolute Gasteiger partial charge is 0.360 e. The van der Waals surface area contributed by atoms with Crippen molar-refractivity contribution in [3.05, 3.63) is 56.5 Å². The number of carboxylic acids is 1. The fourth-order valence-electron chi connectivity index (χ4n) is 1.72. The zero-order chi connectivity index (χ0) is 14.2. The standard InChI is InChI=1S/C13H11ClN2O3/c1-7-6-16(15-11(12(7)17)13(18)19)10-5-3-4-9(14)8(10)2/h3-6H,1-2H3,(H,18,19). The molecule has 0 amide bonds. The monoisotopic (exact) mass is 278 g/mol. The highest BCUT2D eigenvalue weighted by molar-refractivity contribution is 6.31. The lowest BCUT2D eigenvalue weighted by molar-refractivity contribution is 0.0686. The summed E-state index contributed by atoms with van der Waals surface area (Å²) in [6.45, 7) is 3.35. The van der Waals surface area contributed by atoms with E-state index in [2.05, 4.69) is 5.10 Å². The normalized spacial score (nSPS) is 10.5. The molecule has 19 heavy (non-hydrogen) atoms. The highest BCUT2D eigenvalue weighted by atomic mass is 35.5. The van der Waals surface area contributed by atoms with Crippen LogP contribution >= 0.6 is 11.6 Å². The van der Waals surface area contributed by atoms with Crippen LogP contribution in [0.1, 0.15) is 21.6 Å². The summed E-state index contributed by atoms with van der Waals surface area (Å²) in [5.41, 5.74) is 0.628. The van der Waals surface area contributed by atoms with Crippen LogP contribution in [-0.2, 0) is 0 Å². The molecule has 0 atom stereocenters. The molecule has 0 radical (unpaired) electrons. The topological polar surface area (TPSA) is 72.2 Å². The Morgan fingerprint density at radius 1 is 1.37 bits per heavy atom. The van der Waals surface area contributed by atoms with Crippen LogP contribution in [0.2, 0.25) is 5.02 Å². The van der Waals surface area contributed by atoms with Gasteiger partial charge in [-0.2, -0.15) is 5.10 Å². The molecule has 1 aromatic carbocycles. The summed E-state index contributed by atoms with van der Waals surface area (Å²) in [4.78, 5) is 22.7. The molecule has 2 rings (SSSR count). The minimum Gasteiger partial charge on any atom is -0.476 e. The third-order valence-corrected chi connectivity index (χ3v) is 3.19. The first-order valence-corrected chi connectivity index (χ1v) is 5.89. The van der Waals surface area contributed by atoms with E-state index in [9.17, 15) is 9.59 Å². The van der Waals surface area contributed by atoms with Gasteiger partial charge in [-0.15, -0.1) is 0 Å². The van der Waals surface area contributed by atoms with Crippen molar-refractivity contribution >= 4 is 17.6 Å². The third kappa shape index (κ3) is 2.37. The summed E-state index contributed by atoms with van der Waals surface area (Å²) in [5, 5.41) is 13.4. The van der Waals surface area contributed by atoms with Gasteiger partial charge in [-0.05, 0) is 31.5 Å². The van der Waals surface area contributed by atoms with Gasteiger partial charge in [-0.1, -0.05) is 17.7 Å². The largest absolute Gasteiger partial charge is 0.476 e. The van der Waals surface area contributed by atoms with E-state index in [0.29, 0.717) is 16.3 Å². The highest BCUT2D eigenvalue weighted by Gasteiger charge is 2.15. The Kier molecular flexibility index (Phi) is 3.40. The molecule has 0 aliphatic rings. The van der Waals surface area contributed by atoms with Crippen LogP contribution in [0.15, 0.2) is 29.2 Å². The van der Waals surface area contributed by atoms with Crippen molar-refractivity contribution in [1.82, 2.24) is 9.78 Å². The molecule has 1 heterocycles. The zero-order valence-corrected chi connectivity index (χ0v) is 11.1. The number of halogens is 1. The number of benzene rings is 1. The van der Waals surface area contributed by atoms with Crippen molar-refractivity contribution in [3.8, 4) is 5.69 Å². The molecule has 98 valence electrons. The molecule has 0 bridgehead atoms. The number of aromatic nitrogens is 2. The maximum atomic E-state index is 11.7. The van der Waals surface area contributed by atoms with Crippen LogP contribution < -0.4 is 5.43 Å². The number of hydrogen-bond acceptors (Lipinski definition) is 3. The Hall–Kier alpha value is -2.14. The maximum Gasteiger partial charge on any atom is 0.360 e. The van der Waals surface area contributed by atoms with E-state index in [-0.39, 0.29) is 0 Å². The fraction of sp³-hybridized carbons (Fsp3) is 0.154. The van der Waals surface area contributed by atoms with Gasteiger partial charge in [0.1, 0.15) is 0 Å². The molecule has 0 fully saturated rings. The second kappa shape index (κ2) is 4.85. The van der Waals surface area contributed by atoms with Crippen molar-refractivity contribution in [3.63, 3.8) is 0 Å². The molecule has 2 aromatic rings. The van der Waals surface area contributed by atoms with Crippen LogP contribution in [0.25, 0.3) is 5.69 Å². The van der Waals surface area contributed by atoms with Crippen molar-refractivity contribution in [2.75, 3.05) is 0 Å². The maximum absolute atomic E-state index is 11.7. The van der Waals surface area contributed by atoms with Crippen molar-refractivity contribution in [1.29, 1.82) is 0 Å². The van der Waals surface area contributed by atoms with E-state index in [4.69, 9.17) is 16.7 Å². The second-order valence-corrected chi connectivity index (χ2v) is 4.53. The SMILES string of the molecule is Cc1c(Cl)cccc1-n1cc(C)c(=O)c(C(=O)O)n1. The van der Waals surface area contributed by atoms with Crippen LogP contribution in [-0.4, -0.2) is 20.9 Å². The van der Waals surface area contributed by atoms with Crippen LogP contribution in [0, 0.1) is 13.8 Å². The Labute approximate surface area is 114 Å². The average Bonchev–Trinajstić information content (AvgIpc) is 2.35. The molecule has 0 aliphatic carbocycles. The van der Waals surface area contributed by atoms with E-state index in [0.717, 1.165) is 5.56 Å². The summed E-state index contributed by atoms with van der Waals surface area (Å²) in [6, 6.07) is 5.22. The Morgan fingerprint density at radius 3 is 2.68 bits per heavy atom. The van der Waals surface area contributed by atoms with Crippen LogP contribution in [0.3, 0.4) is 0 Å². The zero-order valence-electron chi connectivity index (χ0n) is 10.3. The van der Waals surface area contributed by atoms with Gasteiger partial charge < -0.3 is 5.11 Å². The Balaban J connectivity index is 2.74. The number of carboxylic acid groups (broad SMARTS) is 1. The minimum atomic E-state index is -1.35. The number of aromatic carboxylic acids is 1. The van der Waals surface area contributed by atoms with Gasteiger partial charge in [0.25, 0.3) is 0 Å². The average molecular weight is 279 g/mol. The molecule has 5 nitrogen and oxygen atoms in total. The molecule has 0 spiro atoms. The van der Waals surface area contributed by atoms with E-state index in [1.807, 2.05) is 0 Å². The first-order valence-electron chi connectivity index (χ1n) is 5.51. The minimum absolute atomic E-state index is 0.312. The van der Waals surface area contributed by atoms with Gasteiger partial charge in [0.2, 0.25) is 11.1 Å². The lowest BCUT2D eigenvalue weighted by Gasteiger charge is -2.11. The molecule has 0 aliphatic heterocycles. The molecule has 0 saturated heterocycles. The van der Waals surface area contributed by atoms with Gasteiger partial charge in [0, 0.05) is 16.8 Å². The van der Waals surface area contributed by atoms with Crippen molar-refractivity contribution < 1.29 is 9.90 Å². The van der Waals surface area contributed by atoms with E-state index in [1.165, 1.54) is 10.9 Å². The quantitative estimate of drug-likeness (QED) is 0.914. The Morgan fingerprint density at radius 2 is 2.05 bits per heavy atom. The lowest BCUT2D eigenvalue weighted by Crippen LogP contribution is -2.23. The summed E-state index contributed by atoms with van der Waals surface area (Å²) in [7, 11) is 0. The van der Waals surface area contributed by atoms with Crippen molar-refractivity contribution in [2.24, 2.45) is 0 Å². The molecule has 0 saturated carbocycles. The third-order valence-electron chi connectivity index (χ3n) is 2.79. The van der Waals surface area contributed by atoms with Gasteiger partial charge in [-0.3, -0.25) is 4.79 Å². The number of rotatable bonds is 2. The number of hydrogen-bond donors (Lipinski definition) is 1. The lowest BCUT2D eigenvalue weighted by atomic mass is 10.2. The summed E-state index contributed by atoms with van der Waals surface area (Å²) in [5.74, 6) is -1.35. The van der Waals surface area contributed by atoms with Crippen molar-refractivity contribution in [2.45, 2.75) is 13.8 Å². The number of carbonyl (C=O) groups is 1. The molecule has 1 N–H and O–H groups in total. The van der Waals surface area contributed by atoms with Gasteiger partial charge in [0.15, 0.2) is 0 Å². The molecular formula is C13H11ClN2O3. The Bertz CT molecular complexity index is 722. The molecule has 6 heteroatoms. The number of nitrogens with zero attached hydrogens (tertiary/aromatic N) is 2. The second-order valence-electron chi connectivity index (χ2n) is 4.12.